The van der Waals surface area contributed by atoms with Crippen LogP contribution in [0.5, 0.6) is 5.75 Å². The van der Waals surface area contributed by atoms with Crippen molar-refractivity contribution < 1.29 is 4.74 Å². The number of nitrogen functional groups attached to an aromatic ring is 1. The first-order valence-corrected chi connectivity index (χ1v) is 7.40. The van der Waals surface area contributed by atoms with Crippen molar-refractivity contribution in [1.29, 1.82) is 0 Å². The highest BCUT2D eigenvalue weighted by molar-refractivity contribution is 6.30. The maximum Gasteiger partial charge on any atom is 0.223 e. The molecule has 0 saturated heterocycles. The lowest BCUT2D eigenvalue weighted by atomic mass is 10.1. The van der Waals surface area contributed by atoms with Crippen LogP contribution in [0.3, 0.4) is 0 Å². The zero-order valence-electron chi connectivity index (χ0n) is 11.8. The standard InChI is InChI=1S/C15H17ClN4O/c1-21-12-8-10(16)6-7-11(12)14-18-13(19-15(17)20-14)9-4-2-3-5-9/h6-9H,2-5H2,1H3,(H2,17,18,19,20). The molecule has 6 heteroatoms. The van der Waals surface area contributed by atoms with E-state index in [4.69, 9.17) is 22.1 Å². The molecule has 3 rings (SSSR count). The molecule has 5 nitrogen and oxygen atoms in total. The smallest absolute Gasteiger partial charge is 0.223 e. The Morgan fingerprint density at radius 1 is 1.19 bits per heavy atom. The molecule has 0 amide bonds. The van der Waals surface area contributed by atoms with Crippen LogP contribution in [0.4, 0.5) is 5.95 Å². The Morgan fingerprint density at radius 2 is 1.95 bits per heavy atom. The number of hydrogen-bond acceptors (Lipinski definition) is 5. The van der Waals surface area contributed by atoms with Gasteiger partial charge in [-0.2, -0.15) is 9.97 Å². The summed E-state index contributed by atoms with van der Waals surface area (Å²) in [5, 5.41) is 0.605. The number of nitrogens with two attached hydrogens (primary N) is 1. The summed E-state index contributed by atoms with van der Waals surface area (Å²) in [5.74, 6) is 2.58. The maximum absolute atomic E-state index is 5.99. The van der Waals surface area contributed by atoms with Gasteiger partial charge in [0.15, 0.2) is 5.82 Å². The van der Waals surface area contributed by atoms with Crippen LogP contribution in [-0.2, 0) is 0 Å². The van der Waals surface area contributed by atoms with E-state index in [0.29, 0.717) is 22.5 Å². The molecule has 110 valence electrons. The largest absolute Gasteiger partial charge is 0.496 e. The third-order valence-electron chi connectivity index (χ3n) is 3.79. The molecule has 2 aromatic rings. The van der Waals surface area contributed by atoms with Crippen LogP contribution in [0.2, 0.25) is 5.02 Å². The van der Waals surface area contributed by atoms with Gasteiger partial charge in [0.05, 0.1) is 12.7 Å². The van der Waals surface area contributed by atoms with Gasteiger partial charge in [0, 0.05) is 10.9 Å². The number of aromatic nitrogens is 3. The third kappa shape index (κ3) is 2.93. The van der Waals surface area contributed by atoms with E-state index in [1.807, 2.05) is 6.07 Å². The van der Waals surface area contributed by atoms with Gasteiger partial charge in [0.2, 0.25) is 5.95 Å². The Bertz CT molecular complexity index is 656. The summed E-state index contributed by atoms with van der Waals surface area (Å²) in [5.41, 5.74) is 6.63. The molecule has 0 aliphatic heterocycles. The molecule has 1 aliphatic carbocycles. The summed E-state index contributed by atoms with van der Waals surface area (Å²) in [6.45, 7) is 0. The second-order valence-corrected chi connectivity index (χ2v) is 5.64. The van der Waals surface area contributed by atoms with E-state index in [0.717, 1.165) is 24.2 Å². The Hall–Kier alpha value is -1.88. The van der Waals surface area contributed by atoms with Gasteiger partial charge >= 0.3 is 0 Å². The van der Waals surface area contributed by atoms with Gasteiger partial charge < -0.3 is 10.5 Å². The number of hydrogen-bond donors (Lipinski definition) is 1. The van der Waals surface area contributed by atoms with Crippen LogP contribution in [0.1, 0.15) is 37.4 Å². The fraction of sp³-hybridized carbons (Fsp3) is 0.400. The van der Waals surface area contributed by atoms with Crippen LogP contribution in [0.25, 0.3) is 11.4 Å². The summed E-state index contributed by atoms with van der Waals surface area (Å²) < 4.78 is 5.36. The lowest BCUT2D eigenvalue weighted by molar-refractivity contribution is 0.416. The predicted molar refractivity (Wildman–Crippen MR) is 82.4 cm³/mol. The van der Waals surface area contributed by atoms with E-state index in [1.165, 1.54) is 12.8 Å². The highest BCUT2D eigenvalue weighted by atomic mass is 35.5. The fourth-order valence-electron chi connectivity index (χ4n) is 2.75. The molecule has 0 spiro atoms. The van der Waals surface area contributed by atoms with Gasteiger partial charge in [-0.05, 0) is 31.0 Å². The number of benzene rings is 1. The Balaban J connectivity index is 2.05. The van der Waals surface area contributed by atoms with Gasteiger partial charge in [-0.25, -0.2) is 4.98 Å². The first-order valence-electron chi connectivity index (χ1n) is 7.02. The molecule has 1 saturated carbocycles. The van der Waals surface area contributed by atoms with Crippen molar-refractivity contribution in [2.45, 2.75) is 31.6 Å². The van der Waals surface area contributed by atoms with Crippen molar-refractivity contribution in [3.05, 3.63) is 29.0 Å². The second-order valence-electron chi connectivity index (χ2n) is 5.20. The van der Waals surface area contributed by atoms with E-state index < -0.39 is 0 Å². The molecule has 0 bridgehead atoms. The van der Waals surface area contributed by atoms with Crippen molar-refractivity contribution in [2.75, 3.05) is 12.8 Å². The minimum atomic E-state index is 0.249. The van der Waals surface area contributed by atoms with Crippen molar-refractivity contribution in [2.24, 2.45) is 0 Å². The summed E-state index contributed by atoms with van der Waals surface area (Å²) in [6.07, 6.45) is 4.66. The molecular formula is C15H17ClN4O. The number of anilines is 1. The second kappa shape index (κ2) is 5.85. The van der Waals surface area contributed by atoms with Crippen molar-refractivity contribution in [3.63, 3.8) is 0 Å². The van der Waals surface area contributed by atoms with E-state index in [9.17, 15) is 0 Å². The summed E-state index contributed by atoms with van der Waals surface area (Å²) in [6, 6.07) is 5.37. The molecular weight excluding hydrogens is 288 g/mol. The summed E-state index contributed by atoms with van der Waals surface area (Å²) in [4.78, 5) is 13.1. The van der Waals surface area contributed by atoms with E-state index in [2.05, 4.69) is 15.0 Å². The van der Waals surface area contributed by atoms with Crippen molar-refractivity contribution >= 4 is 17.5 Å². The number of rotatable bonds is 3. The molecule has 0 radical (unpaired) electrons. The van der Waals surface area contributed by atoms with Gasteiger partial charge in [-0.3, -0.25) is 0 Å². The Morgan fingerprint density at radius 3 is 2.67 bits per heavy atom. The maximum atomic E-state index is 5.99. The number of nitrogens with zero attached hydrogens (tertiary/aromatic N) is 3. The van der Waals surface area contributed by atoms with Gasteiger partial charge in [0.1, 0.15) is 11.6 Å². The molecule has 0 atom stereocenters. The monoisotopic (exact) mass is 304 g/mol. The van der Waals surface area contributed by atoms with E-state index >= 15 is 0 Å². The highest BCUT2D eigenvalue weighted by Gasteiger charge is 2.22. The molecule has 1 heterocycles. The zero-order valence-corrected chi connectivity index (χ0v) is 12.6. The minimum absolute atomic E-state index is 0.249. The molecule has 1 aromatic heterocycles. The zero-order chi connectivity index (χ0) is 14.8. The Labute approximate surface area is 128 Å². The van der Waals surface area contributed by atoms with Crippen LogP contribution in [0.15, 0.2) is 18.2 Å². The van der Waals surface area contributed by atoms with Crippen LogP contribution < -0.4 is 10.5 Å². The highest BCUT2D eigenvalue weighted by Crippen LogP contribution is 2.35. The summed E-state index contributed by atoms with van der Waals surface area (Å²) >= 11 is 5.99. The molecule has 1 aliphatic rings. The van der Waals surface area contributed by atoms with Crippen LogP contribution in [0, 0.1) is 0 Å². The molecule has 1 aromatic carbocycles. The average Bonchev–Trinajstić information content (AvgIpc) is 3.00. The molecule has 0 unspecified atom stereocenters. The van der Waals surface area contributed by atoms with Crippen molar-refractivity contribution in [3.8, 4) is 17.1 Å². The number of methoxy groups -OCH3 is 1. The first kappa shape index (κ1) is 14.1. The first-order chi connectivity index (χ1) is 10.2. The molecule has 2 N–H and O–H groups in total. The quantitative estimate of drug-likeness (QED) is 0.940. The Kier molecular flexibility index (Phi) is 3.92. The average molecular weight is 305 g/mol. The number of halogens is 1. The normalized spacial score (nSPS) is 15.3. The fourth-order valence-corrected chi connectivity index (χ4v) is 2.91. The predicted octanol–water partition coefficient (Wildman–Crippen LogP) is 3.44. The van der Waals surface area contributed by atoms with Gasteiger partial charge in [-0.1, -0.05) is 24.4 Å². The van der Waals surface area contributed by atoms with Crippen LogP contribution in [-0.4, -0.2) is 22.1 Å². The van der Waals surface area contributed by atoms with Crippen LogP contribution >= 0.6 is 11.6 Å². The molecule has 1 fully saturated rings. The van der Waals surface area contributed by atoms with E-state index in [1.54, 1.807) is 19.2 Å². The SMILES string of the molecule is COc1cc(Cl)ccc1-c1nc(N)nc(C2CCCC2)n1. The lowest BCUT2D eigenvalue weighted by Gasteiger charge is -2.12. The minimum Gasteiger partial charge on any atom is -0.496 e. The van der Waals surface area contributed by atoms with Gasteiger partial charge in [-0.15, -0.1) is 0 Å². The van der Waals surface area contributed by atoms with Crippen molar-refractivity contribution in [1.82, 2.24) is 15.0 Å². The topological polar surface area (TPSA) is 73.9 Å². The lowest BCUT2D eigenvalue weighted by Crippen LogP contribution is -2.08. The number of ether oxygens (including phenoxy) is 1. The van der Waals surface area contributed by atoms with Gasteiger partial charge in [0.25, 0.3) is 0 Å². The summed E-state index contributed by atoms with van der Waals surface area (Å²) in [7, 11) is 1.59. The third-order valence-corrected chi connectivity index (χ3v) is 4.03. The van der Waals surface area contributed by atoms with E-state index in [-0.39, 0.29) is 5.95 Å². The molecule has 21 heavy (non-hydrogen) atoms.